The van der Waals surface area contributed by atoms with Crippen LogP contribution in [-0.2, 0) is 0 Å². The zero-order valence-electron chi connectivity index (χ0n) is 14.1. The Morgan fingerprint density at radius 3 is 1.63 bits per heavy atom. The summed E-state index contributed by atoms with van der Waals surface area (Å²) in [6, 6.07) is 4.64. The third-order valence-electron chi connectivity index (χ3n) is 5.79. The fraction of sp³-hybridized carbons (Fsp3) is 0.750. The molecule has 0 aromatic carbocycles. The SMILES string of the molecule is CCC(C)[B-](c1cccs1)(C(C)CC)C(C)CC.[Li+]. The number of rotatable bonds is 7. The largest absolute Gasteiger partial charge is 1.00 e. The minimum Gasteiger partial charge on any atom is -0.192 e. The van der Waals surface area contributed by atoms with Crippen molar-refractivity contribution < 1.29 is 18.9 Å². The summed E-state index contributed by atoms with van der Waals surface area (Å²) in [5.74, 6) is 2.44. The summed E-state index contributed by atoms with van der Waals surface area (Å²) < 4.78 is 1.67. The van der Waals surface area contributed by atoms with E-state index in [2.05, 4.69) is 59.1 Å². The van der Waals surface area contributed by atoms with Gasteiger partial charge in [-0.05, 0) is 5.38 Å². The predicted molar refractivity (Wildman–Crippen MR) is 88.9 cm³/mol. The van der Waals surface area contributed by atoms with Crippen molar-refractivity contribution in [3.05, 3.63) is 17.5 Å². The average molecular weight is 272 g/mol. The van der Waals surface area contributed by atoms with Gasteiger partial charge in [0.25, 0.3) is 0 Å². The van der Waals surface area contributed by atoms with Crippen LogP contribution in [-0.4, -0.2) is 6.15 Å². The molecule has 3 atom stereocenters. The second kappa shape index (κ2) is 8.61. The molecule has 0 saturated carbocycles. The first-order chi connectivity index (χ1) is 8.55. The van der Waals surface area contributed by atoms with Gasteiger partial charge in [-0.15, -0.1) is 0 Å². The molecule has 0 bridgehead atoms. The predicted octanol–water partition coefficient (Wildman–Crippen LogP) is 2.81. The summed E-state index contributed by atoms with van der Waals surface area (Å²) in [4.78, 5) is 0. The Kier molecular flexibility index (Phi) is 8.77. The van der Waals surface area contributed by atoms with Crippen molar-refractivity contribution in [3.8, 4) is 0 Å². The number of hydrogen-bond acceptors (Lipinski definition) is 1. The molecule has 3 unspecified atom stereocenters. The van der Waals surface area contributed by atoms with Gasteiger partial charge in [0.15, 0.2) is 0 Å². The molecule has 0 aliphatic rings. The van der Waals surface area contributed by atoms with Crippen molar-refractivity contribution in [1.29, 1.82) is 0 Å². The topological polar surface area (TPSA) is 0 Å². The quantitative estimate of drug-likeness (QED) is 0.670. The van der Waals surface area contributed by atoms with Gasteiger partial charge in [-0.1, -0.05) is 72.9 Å². The van der Waals surface area contributed by atoms with Crippen molar-refractivity contribution in [2.75, 3.05) is 0 Å². The van der Waals surface area contributed by atoms with Crippen LogP contribution in [0, 0.1) is 0 Å². The second-order valence-electron chi connectivity index (χ2n) is 6.25. The van der Waals surface area contributed by atoms with Crippen LogP contribution in [0.25, 0.3) is 0 Å². The van der Waals surface area contributed by atoms with Crippen LogP contribution in [0.4, 0.5) is 0 Å². The van der Waals surface area contributed by atoms with Crippen LogP contribution in [0.1, 0.15) is 60.8 Å². The minimum atomic E-state index is -0.433. The maximum absolute atomic E-state index is 2.48. The van der Waals surface area contributed by atoms with Crippen molar-refractivity contribution in [2.45, 2.75) is 78.3 Å². The summed E-state index contributed by atoms with van der Waals surface area (Å²) in [5, 5.41) is 2.26. The van der Waals surface area contributed by atoms with Gasteiger partial charge in [0, 0.05) is 6.15 Å². The zero-order chi connectivity index (χ0) is 13.8. The normalized spacial score (nSPS) is 19.1. The Balaban J connectivity index is 0.00000324. The van der Waals surface area contributed by atoms with Gasteiger partial charge in [0.05, 0.1) is 0 Å². The molecule has 1 aromatic heterocycles. The van der Waals surface area contributed by atoms with E-state index in [0.717, 1.165) is 17.5 Å². The van der Waals surface area contributed by atoms with Crippen molar-refractivity contribution >= 4 is 22.3 Å². The summed E-state index contributed by atoms with van der Waals surface area (Å²) in [7, 11) is 0. The Hall–Kier alpha value is 0.362. The number of thiophene rings is 1. The first-order valence-corrected chi connectivity index (χ1v) is 8.64. The molecule has 0 radical (unpaired) electrons. The van der Waals surface area contributed by atoms with Crippen LogP contribution in [0.3, 0.4) is 0 Å². The molecular formula is C16H30BLiS. The van der Waals surface area contributed by atoms with E-state index in [-0.39, 0.29) is 18.9 Å². The van der Waals surface area contributed by atoms with Crippen molar-refractivity contribution in [3.63, 3.8) is 0 Å². The molecule has 19 heavy (non-hydrogen) atoms. The third kappa shape index (κ3) is 3.52. The van der Waals surface area contributed by atoms with E-state index >= 15 is 0 Å². The van der Waals surface area contributed by atoms with Gasteiger partial charge >= 0.3 is 18.9 Å². The van der Waals surface area contributed by atoms with E-state index in [9.17, 15) is 0 Å². The molecule has 3 heteroatoms. The van der Waals surface area contributed by atoms with Gasteiger partial charge in [-0.2, -0.15) is 33.6 Å². The van der Waals surface area contributed by atoms with E-state index in [0.29, 0.717) is 0 Å². The summed E-state index contributed by atoms with van der Waals surface area (Å²) in [6.07, 6.45) is 3.46. The summed E-state index contributed by atoms with van der Waals surface area (Å²) in [5.41, 5.74) is 0. The molecule has 0 fully saturated rings. The van der Waals surface area contributed by atoms with E-state index in [1.165, 1.54) is 19.3 Å². The van der Waals surface area contributed by atoms with E-state index in [1.54, 1.807) is 4.78 Å². The molecule has 1 rings (SSSR count). The average Bonchev–Trinajstić information content (AvgIpc) is 2.92. The fourth-order valence-electron chi connectivity index (χ4n) is 4.27. The molecule has 0 nitrogen and oxygen atoms in total. The molecule has 1 heterocycles. The molecule has 104 valence electrons. The molecule has 0 saturated heterocycles. The molecule has 0 aliphatic carbocycles. The van der Waals surface area contributed by atoms with Crippen LogP contribution in [0.5, 0.6) is 0 Å². The third-order valence-corrected chi connectivity index (χ3v) is 6.90. The number of hydrogen-bond donors (Lipinski definition) is 0. The maximum Gasteiger partial charge on any atom is 1.00 e. The second-order valence-corrected chi connectivity index (χ2v) is 7.23. The minimum absolute atomic E-state index is 0. The summed E-state index contributed by atoms with van der Waals surface area (Å²) >= 11 is 1.99. The zero-order valence-corrected chi connectivity index (χ0v) is 14.9. The van der Waals surface area contributed by atoms with Crippen LogP contribution < -0.4 is 23.6 Å². The van der Waals surface area contributed by atoms with Crippen LogP contribution in [0.2, 0.25) is 17.5 Å². The molecular weight excluding hydrogens is 242 g/mol. The van der Waals surface area contributed by atoms with E-state index < -0.39 is 6.15 Å². The van der Waals surface area contributed by atoms with Crippen LogP contribution in [0.15, 0.2) is 17.5 Å². The Morgan fingerprint density at radius 1 is 0.947 bits per heavy atom. The standard InChI is InChI=1S/C16H30BS.Li/c1-7-13(4)17(14(5)8-2,15(6)9-3)16-11-10-12-18-16;/h10-15H,7-9H2,1-6H3;/q-1;+1. The van der Waals surface area contributed by atoms with E-state index in [4.69, 9.17) is 0 Å². The molecule has 0 spiro atoms. The molecule has 1 aromatic rings. The van der Waals surface area contributed by atoms with Crippen molar-refractivity contribution in [1.82, 2.24) is 0 Å². The monoisotopic (exact) mass is 272 g/mol. The van der Waals surface area contributed by atoms with Gasteiger partial charge in [-0.25, -0.2) is 0 Å². The smallest absolute Gasteiger partial charge is 0.192 e. The molecule has 0 N–H and O–H groups in total. The van der Waals surface area contributed by atoms with E-state index in [1.807, 2.05) is 11.3 Å². The van der Waals surface area contributed by atoms with Crippen molar-refractivity contribution in [2.24, 2.45) is 0 Å². The molecule has 0 aliphatic heterocycles. The summed E-state index contributed by atoms with van der Waals surface area (Å²) in [6.45, 7) is 14.5. The Morgan fingerprint density at radius 2 is 1.37 bits per heavy atom. The maximum atomic E-state index is 2.48. The van der Waals surface area contributed by atoms with Gasteiger partial charge in [-0.3, -0.25) is 0 Å². The van der Waals surface area contributed by atoms with Gasteiger partial charge in [0.2, 0.25) is 0 Å². The van der Waals surface area contributed by atoms with Gasteiger partial charge < -0.3 is 0 Å². The Bertz CT molecular complexity index is 310. The fourth-order valence-corrected chi connectivity index (χ4v) is 5.67. The van der Waals surface area contributed by atoms with Gasteiger partial charge in [0.1, 0.15) is 0 Å². The molecule has 0 amide bonds. The first-order valence-electron chi connectivity index (χ1n) is 7.76. The Labute approximate surface area is 136 Å². The first kappa shape index (κ1) is 19.4. The van der Waals surface area contributed by atoms with Crippen LogP contribution >= 0.6 is 11.3 Å².